The number of carbonyl (C=O) groups is 3. The summed E-state index contributed by atoms with van der Waals surface area (Å²) in [6.45, 7) is -3.78. The maximum absolute atomic E-state index is 13.2. The van der Waals surface area contributed by atoms with Gasteiger partial charge in [0.1, 0.15) is 165 Å². The molecule has 23 N–H and O–H groups in total. The maximum atomic E-state index is 13.2. The normalized spacial score (nSPS) is 48.1. The fourth-order valence-corrected chi connectivity index (χ4v) is 11.8. The van der Waals surface area contributed by atoms with E-state index in [1.165, 1.54) is 6.92 Å². The maximum Gasteiger partial charge on any atom is 0.364 e. The molecule has 528 valence electrons. The Hall–Kier alpha value is -2.95. The summed E-state index contributed by atoms with van der Waals surface area (Å²) in [4.78, 5) is 38.4. The number of carboxylic acids is 1. The highest BCUT2D eigenvalue weighted by molar-refractivity contribution is 5.76. The van der Waals surface area contributed by atoms with Crippen LogP contribution in [-0.2, 0) is 80.7 Å². The zero-order valence-electron chi connectivity index (χ0n) is 49.2. The summed E-state index contributed by atoms with van der Waals surface area (Å²) in [5, 5.41) is 233. The summed E-state index contributed by atoms with van der Waals surface area (Å²) in [5.41, 5.74) is 0. The van der Waals surface area contributed by atoms with Gasteiger partial charge in [-0.3, -0.25) is 9.59 Å². The van der Waals surface area contributed by atoms with Gasteiger partial charge in [-0.2, -0.15) is 0 Å². The molecule has 0 aliphatic carbocycles. The van der Waals surface area contributed by atoms with Crippen molar-refractivity contribution in [2.45, 2.75) is 247 Å². The summed E-state index contributed by atoms with van der Waals surface area (Å²) in [7, 11) is 0.957. The van der Waals surface area contributed by atoms with E-state index in [1.54, 1.807) is 0 Å². The lowest BCUT2D eigenvalue weighted by atomic mass is 9.88. The van der Waals surface area contributed by atoms with Crippen molar-refractivity contribution in [1.29, 1.82) is 0 Å². The minimum Gasteiger partial charge on any atom is -0.477 e. The average Bonchev–Trinajstić information content (AvgIpc) is 1.46. The fraction of sp³-hybridized carbons (Fsp3) is 0.941. The Morgan fingerprint density at radius 1 is 0.484 bits per heavy atom. The molecule has 0 aromatic rings. The van der Waals surface area contributed by atoms with Crippen molar-refractivity contribution in [1.82, 2.24) is 10.6 Å². The van der Waals surface area contributed by atoms with Gasteiger partial charge >= 0.3 is 5.97 Å². The Morgan fingerprint density at radius 2 is 0.934 bits per heavy atom. The SMILES string of the molecule is CO[C@H]1C(O[C@]2(C(=O)O)C[C@@H](O)[C@@H](NC(C)=O)C(C(O)C(O)CO)O2)[C@@H](O)C(CO)O[C@H]1O[C@@H]1C(CO)O[C@@H](O[C@@H]2C(O)[C@H](O[C@@H]3C(CO)O[C@@H](OC4[C@H](O)C(CO)O[C@@H](C)[C@H]4O)[C@@H](O)C3O)OC(CO[C@@H]3OC(CO)[C@H](O)C(O)[C@@H]3O)[C@@H]2O)[C@@H](NC(C)=O)C1O. The Bertz CT molecular complexity index is 2310. The van der Waals surface area contributed by atoms with E-state index in [0.717, 1.165) is 21.0 Å². The highest BCUT2D eigenvalue weighted by atomic mass is 16.8. The number of methoxy groups -OCH3 is 1. The van der Waals surface area contributed by atoms with E-state index in [1.807, 2.05) is 0 Å². The highest BCUT2D eigenvalue weighted by Crippen LogP contribution is 2.41. The standard InChI is InChI=1S/C51H86N2O38/c1-13-26(64)41(29(67)19(8-56)80-13)89-47-36(74)34(72)39(22(11-59)84-47)86-48-37(75)42(31(69)23(85-48)12-79-46-35(73)33(71)28(66)18(7-55)81-46)88-45-25(53-15(3)61)32(70)38(21(10-58)83-45)87-49-44(78-4)43(30(68)20(9-57)82-49)91-51(50(76)77)5-16(62)24(52-14(2)60)40(90-51)27(65)17(63)6-54/h13,16-49,54-59,62-75H,5-12H2,1-4H3,(H,52,60)(H,53,61)(H,76,77)/t13-,16+,17?,18?,19?,20?,21?,22?,23?,24+,25-,26+,27?,28-,29+,30-,31-,32?,33?,34?,35-,36-,37?,38+,39+,40?,41?,42-,43?,44-,45-,46+,47-,48-,49-,51-/m0/s1. The summed E-state index contributed by atoms with van der Waals surface area (Å²) < 4.78 is 81.1. The van der Waals surface area contributed by atoms with Gasteiger partial charge in [0.05, 0.1) is 64.5 Å². The van der Waals surface area contributed by atoms with Gasteiger partial charge in [-0.05, 0) is 6.92 Å². The van der Waals surface area contributed by atoms with Crippen LogP contribution < -0.4 is 10.6 Å². The second-order valence-electron chi connectivity index (χ2n) is 23.0. The van der Waals surface area contributed by atoms with Gasteiger partial charge in [0.2, 0.25) is 11.8 Å². The average molecular weight is 1340 g/mol. The molecule has 0 radical (unpaired) electrons. The summed E-state index contributed by atoms with van der Waals surface area (Å²) in [6, 6.07) is -3.61. The van der Waals surface area contributed by atoms with Crippen LogP contribution in [0.3, 0.4) is 0 Å². The Kier molecular flexibility index (Phi) is 26.9. The summed E-state index contributed by atoms with van der Waals surface area (Å²) in [5.74, 6) is -6.97. The second kappa shape index (κ2) is 32.4. The number of hydrogen-bond donors (Lipinski definition) is 23. The number of amides is 2. The Labute approximate surface area is 516 Å². The molecule has 7 fully saturated rings. The molecule has 40 nitrogen and oxygen atoms in total. The van der Waals surface area contributed by atoms with E-state index < -0.39 is 291 Å². The molecule has 7 rings (SSSR count). The van der Waals surface area contributed by atoms with Crippen molar-refractivity contribution in [2.75, 3.05) is 53.4 Å². The lowest BCUT2D eigenvalue weighted by molar-refractivity contribution is -0.394. The minimum atomic E-state index is -3.16. The molecule has 0 aromatic heterocycles. The molecule has 15 unspecified atom stereocenters. The van der Waals surface area contributed by atoms with Gasteiger partial charge < -0.3 is 184 Å². The molecule has 2 amide bonds. The van der Waals surface area contributed by atoms with Gasteiger partial charge in [-0.25, -0.2) is 4.79 Å². The molecular weight excluding hydrogens is 1250 g/mol. The minimum absolute atomic E-state index is 0.741. The van der Waals surface area contributed by atoms with Crippen molar-refractivity contribution in [3.63, 3.8) is 0 Å². The van der Waals surface area contributed by atoms with Crippen molar-refractivity contribution >= 4 is 17.8 Å². The third kappa shape index (κ3) is 16.2. The molecule has 0 aromatic carbocycles. The van der Waals surface area contributed by atoms with Crippen LogP contribution >= 0.6 is 0 Å². The molecule has 7 saturated heterocycles. The highest BCUT2D eigenvalue weighted by Gasteiger charge is 2.62. The van der Waals surface area contributed by atoms with Crippen molar-refractivity contribution in [2.24, 2.45) is 0 Å². The van der Waals surface area contributed by atoms with Crippen molar-refractivity contribution in [3.05, 3.63) is 0 Å². The molecule has 0 saturated carbocycles. The topological polar surface area (TPSA) is 629 Å². The molecule has 0 bridgehead atoms. The third-order valence-corrected chi connectivity index (χ3v) is 16.8. The van der Waals surface area contributed by atoms with E-state index in [9.17, 15) is 122 Å². The number of rotatable bonds is 25. The zero-order chi connectivity index (χ0) is 67.4. The molecule has 7 aliphatic rings. The van der Waals surface area contributed by atoms with Crippen LogP contribution in [0.15, 0.2) is 0 Å². The van der Waals surface area contributed by atoms with Gasteiger partial charge in [-0.15, -0.1) is 0 Å². The zero-order valence-corrected chi connectivity index (χ0v) is 49.2. The van der Waals surface area contributed by atoms with E-state index in [2.05, 4.69) is 10.6 Å². The van der Waals surface area contributed by atoms with Gasteiger partial charge in [-0.1, -0.05) is 0 Å². The Morgan fingerprint density at radius 3 is 1.51 bits per heavy atom. The first kappa shape index (κ1) is 75.4. The number of aliphatic hydroxyl groups excluding tert-OH is 20. The number of carbonyl (C=O) groups excluding carboxylic acids is 2. The number of aliphatic carboxylic acids is 1. The predicted molar refractivity (Wildman–Crippen MR) is 280 cm³/mol. The molecule has 7 aliphatic heterocycles. The summed E-state index contributed by atoms with van der Waals surface area (Å²) >= 11 is 0. The van der Waals surface area contributed by atoms with E-state index in [4.69, 9.17) is 66.3 Å². The monoisotopic (exact) mass is 1330 g/mol. The quantitative estimate of drug-likeness (QED) is 0.0404. The molecule has 40 heteroatoms. The lowest BCUT2D eigenvalue weighted by Crippen LogP contribution is -2.71. The van der Waals surface area contributed by atoms with Crippen LogP contribution in [0, 0.1) is 0 Å². The van der Waals surface area contributed by atoms with Crippen LogP contribution in [0.2, 0.25) is 0 Å². The van der Waals surface area contributed by atoms with Crippen LogP contribution in [0.4, 0.5) is 0 Å². The van der Waals surface area contributed by atoms with Crippen molar-refractivity contribution < 1.29 is 188 Å². The third-order valence-electron chi connectivity index (χ3n) is 16.8. The van der Waals surface area contributed by atoms with Crippen molar-refractivity contribution in [3.8, 4) is 0 Å². The fourth-order valence-electron chi connectivity index (χ4n) is 11.8. The van der Waals surface area contributed by atoms with Gasteiger partial charge in [0, 0.05) is 27.4 Å². The van der Waals surface area contributed by atoms with Gasteiger partial charge in [0.25, 0.3) is 5.79 Å². The van der Waals surface area contributed by atoms with Gasteiger partial charge in [0.15, 0.2) is 31.5 Å². The smallest absolute Gasteiger partial charge is 0.364 e. The number of nitrogens with one attached hydrogen (secondary N) is 2. The Balaban J connectivity index is 1.16. The number of carboxylic acid groups (broad SMARTS) is 1. The second-order valence-corrected chi connectivity index (χ2v) is 23.0. The molecule has 36 atom stereocenters. The molecular formula is C51H86N2O38. The van der Waals surface area contributed by atoms with E-state index in [0.29, 0.717) is 0 Å². The number of hydrogen-bond acceptors (Lipinski definition) is 37. The molecule has 7 heterocycles. The number of ether oxygens (including phenoxy) is 14. The van der Waals surface area contributed by atoms with E-state index >= 15 is 0 Å². The first-order valence-electron chi connectivity index (χ1n) is 29.0. The van der Waals surface area contributed by atoms with Crippen LogP contribution in [0.1, 0.15) is 27.2 Å². The lowest BCUT2D eigenvalue weighted by Gasteiger charge is -2.52. The first-order valence-corrected chi connectivity index (χ1v) is 29.0. The van der Waals surface area contributed by atoms with Crippen LogP contribution in [0.25, 0.3) is 0 Å². The predicted octanol–water partition coefficient (Wildman–Crippen LogP) is -15.1. The molecule has 91 heavy (non-hydrogen) atoms. The first-order chi connectivity index (χ1) is 43.0. The largest absolute Gasteiger partial charge is 0.477 e. The number of aliphatic hydroxyl groups is 20. The van der Waals surface area contributed by atoms with Crippen LogP contribution in [0.5, 0.6) is 0 Å². The molecule has 0 spiro atoms. The van der Waals surface area contributed by atoms with Crippen LogP contribution in [-0.4, -0.2) is 399 Å². The summed E-state index contributed by atoms with van der Waals surface area (Å²) in [6.07, 6.45) is -65.4. The van der Waals surface area contributed by atoms with E-state index in [-0.39, 0.29) is 0 Å².